The molecular weight excluding hydrogens is 271 g/mol. The first-order valence-corrected chi connectivity index (χ1v) is 6.35. The SMILES string of the molecule is N[C@@H]1CCCN(C(=O)Nc2ccc(C(F)(F)F)cc2)C1. The molecule has 1 aliphatic heterocycles. The van der Waals surface area contributed by atoms with Crippen molar-refractivity contribution in [2.45, 2.75) is 25.1 Å². The first kappa shape index (κ1) is 14.6. The topological polar surface area (TPSA) is 58.4 Å². The van der Waals surface area contributed by atoms with E-state index in [1.54, 1.807) is 4.90 Å². The minimum Gasteiger partial charge on any atom is -0.326 e. The molecule has 0 spiro atoms. The van der Waals surface area contributed by atoms with E-state index >= 15 is 0 Å². The molecule has 1 aromatic carbocycles. The summed E-state index contributed by atoms with van der Waals surface area (Å²) < 4.78 is 37.2. The molecule has 1 aromatic rings. The molecule has 7 heteroatoms. The number of rotatable bonds is 1. The molecule has 0 unspecified atom stereocenters. The number of nitrogens with zero attached hydrogens (tertiary/aromatic N) is 1. The summed E-state index contributed by atoms with van der Waals surface area (Å²) >= 11 is 0. The number of anilines is 1. The van der Waals surface area contributed by atoms with Gasteiger partial charge in [0.15, 0.2) is 0 Å². The first-order chi connectivity index (χ1) is 9.36. The largest absolute Gasteiger partial charge is 0.416 e. The van der Waals surface area contributed by atoms with Gasteiger partial charge in [0.25, 0.3) is 0 Å². The lowest BCUT2D eigenvalue weighted by Gasteiger charge is -2.30. The van der Waals surface area contributed by atoms with E-state index in [0.29, 0.717) is 18.8 Å². The van der Waals surface area contributed by atoms with Gasteiger partial charge in [0.05, 0.1) is 5.56 Å². The summed E-state index contributed by atoms with van der Waals surface area (Å²) in [6, 6.07) is 3.99. The predicted octanol–water partition coefficient (Wildman–Crippen LogP) is 2.66. The molecule has 3 N–H and O–H groups in total. The third kappa shape index (κ3) is 3.63. The summed E-state index contributed by atoms with van der Waals surface area (Å²) in [5.74, 6) is 0. The Balaban J connectivity index is 1.97. The van der Waals surface area contributed by atoms with Crippen molar-refractivity contribution in [2.75, 3.05) is 18.4 Å². The fourth-order valence-corrected chi connectivity index (χ4v) is 2.14. The Morgan fingerprint density at radius 3 is 2.50 bits per heavy atom. The van der Waals surface area contributed by atoms with Crippen molar-refractivity contribution >= 4 is 11.7 Å². The highest BCUT2D eigenvalue weighted by Gasteiger charge is 2.30. The normalized spacial score (nSPS) is 19.8. The number of hydrogen-bond acceptors (Lipinski definition) is 2. The summed E-state index contributed by atoms with van der Waals surface area (Å²) in [5, 5.41) is 2.57. The number of halogens is 3. The Morgan fingerprint density at radius 1 is 1.30 bits per heavy atom. The van der Waals surface area contributed by atoms with Crippen LogP contribution < -0.4 is 11.1 Å². The zero-order valence-corrected chi connectivity index (χ0v) is 10.8. The average Bonchev–Trinajstić information content (AvgIpc) is 2.38. The highest BCUT2D eigenvalue weighted by molar-refractivity contribution is 5.89. The molecule has 0 saturated carbocycles. The van der Waals surface area contributed by atoms with E-state index < -0.39 is 11.7 Å². The molecule has 20 heavy (non-hydrogen) atoms. The summed E-state index contributed by atoms with van der Waals surface area (Å²) in [6.45, 7) is 1.08. The Hall–Kier alpha value is -1.76. The number of piperidine rings is 1. The van der Waals surface area contributed by atoms with Crippen molar-refractivity contribution in [1.29, 1.82) is 0 Å². The zero-order valence-electron chi connectivity index (χ0n) is 10.8. The maximum atomic E-state index is 12.4. The van der Waals surface area contributed by atoms with Crippen LogP contribution in [0.25, 0.3) is 0 Å². The third-order valence-electron chi connectivity index (χ3n) is 3.21. The number of nitrogens with one attached hydrogen (secondary N) is 1. The number of hydrogen-bond donors (Lipinski definition) is 2. The number of benzene rings is 1. The second-order valence-electron chi connectivity index (χ2n) is 4.85. The van der Waals surface area contributed by atoms with Crippen molar-refractivity contribution in [3.63, 3.8) is 0 Å². The Bertz CT molecular complexity index is 473. The molecule has 2 amide bonds. The van der Waals surface area contributed by atoms with Crippen LogP contribution in [-0.2, 0) is 6.18 Å². The maximum Gasteiger partial charge on any atom is 0.416 e. The average molecular weight is 287 g/mol. The van der Waals surface area contributed by atoms with E-state index in [1.165, 1.54) is 12.1 Å². The number of carbonyl (C=O) groups excluding carboxylic acids is 1. The van der Waals surface area contributed by atoms with Crippen molar-refractivity contribution in [3.05, 3.63) is 29.8 Å². The predicted molar refractivity (Wildman–Crippen MR) is 69.2 cm³/mol. The summed E-state index contributed by atoms with van der Waals surface area (Å²) in [4.78, 5) is 13.5. The van der Waals surface area contributed by atoms with E-state index in [-0.39, 0.29) is 12.1 Å². The lowest BCUT2D eigenvalue weighted by molar-refractivity contribution is -0.137. The van der Waals surface area contributed by atoms with Crippen molar-refractivity contribution in [1.82, 2.24) is 4.90 Å². The minimum absolute atomic E-state index is 0.0397. The molecule has 1 atom stereocenters. The first-order valence-electron chi connectivity index (χ1n) is 6.35. The van der Waals surface area contributed by atoms with Crippen molar-refractivity contribution in [3.8, 4) is 0 Å². The molecule has 0 bridgehead atoms. The van der Waals surface area contributed by atoms with Gasteiger partial charge in [-0.1, -0.05) is 0 Å². The van der Waals surface area contributed by atoms with Crippen molar-refractivity contribution in [2.24, 2.45) is 5.73 Å². The van der Waals surface area contributed by atoms with Crippen LogP contribution in [0.1, 0.15) is 18.4 Å². The monoisotopic (exact) mass is 287 g/mol. The molecule has 4 nitrogen and oxygen atoms in total. The molecule has 1 heterocycles. The van der Waals surface area contributed by atoms with Crippen LogP contribution >= 0.6 is 0 Å². The standard InChI is InChI=1S/C13H16F3N3O/c14-13(15,16)9-3-5-11(6-4-9)18-12(20)19-7-1-2-10(17)8-19/h3-6,10H,1-2,7-8,17H2,(H,18,20)/t10-/m1/s1. The molecular formula is C13H16F3N3O. The van der Waals surface area contributed by atoms with Gasteiger partial charge in [-0.25, -0.2) is 4.79 Å². The molecule has 0 aliphatic carbocycles. The number of alkyl halides is 3. The van der Waals surface area contributed by atoms with E-state index in [2.05, 4.69) is 5.32 Å². The van der Waals surface area contributed by atoms with Crippen LogP contribution in [0.4, 0.5) is 23.7 Å². The minimum atomic E-state index is -4.37. The fraction of sp³-hybridized carbons (Fsp3) is 0.462. The molecule has 0 radical (unpaired) electrons. The molecule has 1 fully saturated rings. The smallest absolute Gasteiger partial charge is 0.326 e. The van der Waals surface area contributed by atoms with Gasteiger partial charge >= 0.3 is 12.2 Å². The lowest BCUT2D eigenvalue weighted by atomic mass is 10.1. The van der Waals surface area contributed by atoms with Crippen LogP contribution in [0.15, 0.2) is 24.3 Å². The number of nitrogens with two attached hydrogens (primary N) is 1. The van der Waals surface area contributed by atoms with Gasteiger partial charge in [-0.15, -0.1) is 0 Å². The summed E-state index contributed by atoms with van der Waals surface area (Å²) in [7, 11) is 0. The van der Waals surface area contributed by atoms with Gasteiger partial charge in [-0.2, -0.15) is 13.2 Å². The van der Waals surface area contributed by atoms with Crippen LogP contribution in [0.3, 0.4) is 0 Å². The van der Waals surface area contributed by atoms with E-state index in [4.69, 9.17) is 5.73 Å². The van der Waals surface area contributed by atoms with Gasteiger partial charge in [-0.05, 0) is 37.1 Å². The van der Waals surface area contributed by atoms with Gasteiger partial charge in [0.1, 0.15) is 0 Å². The van der Waals surface area contributed by atoms with Crippen molar-refractivity contribution < 1.29 is 18.0 Å². The summed E-state index contributed by atoms with van der Waals surface area (Å²) in [6.07, 6.45) is -2.66. The Kier molecular flexibility index (Phi) is 4.17. The van der Waals surface area contributed by atoms with Crippen LogP contribution in [0.5, 0.6) is 0 Å². The maximum absolute atomic E-state index is 12.4. The highest BCUT2D eigenvalue weighted by atomic mass is 19.4. The molecule has 1 saturated heterocycles. The quantitative estimate of drug-likeness (QED) is 0.834. The summed E-state index contributed by atoms with van der Waals surface area (Å²) in [5.41, 5.74) is 5.37. The Labute approximate surface area is 114 Å². The second kappa shape index (κ2) is 5.70. The number of urea groups is 1. The number of amides is 2. The fourth-order valence-electron chi connectivity index (χ4n) is 2.14. The molecule has 2 rings (SSSR count). The number of carbonyl (C=O) groups is 1. The number of likely N-dealkylation sites (tertiary alicyclic amines) is 1. The second-order valence-corrected chi connectivity index (χ2v) is 4.85. The molecule has 110 valence electrons. The van der Waals surface area contributed by atoms with Gasteiger partial charge in [0, 0.05) is 24.8 Å². The van der Waals surface area contributed by atoms with Gasteiger partial charge in [0.2, 0.25) is 0 Å². The lowest BCUT2D eigenvalue weighted by Crippen LogP contribution is -2.47. The Morgan fingerprint density at radius 2 is 1.95 bits per heavy atom. The van der Waals surface area contributed by atoms with Crippen LogP contribution in [0, 0.1) is 0 Å². The van der Waals surface area contributed by atoms with E-state index in [1.807, 2.05) is 0 Å². The highest BCUT2D eigenvalue weighted by Crippen LogP contribution is 2.29. The van der Waals surface area contributed by atoms with Gasteiger partial charge < -0.3 is 16.0 Å². The molecule has 0 aromatic heterocycles. The zero-order chi connectivity index (χ0) is 14.8. The van der Waals surface area contributed by atoms with E-state index in [9.17, 15) is 18.0 Å². The van der Waals surface area contributed by atoms with E-state index in [0.717, 1.165) is 25.0 Å². The van der Waals surface area contributed by atoms with Gasteiger partial charge in [-0.3, -0.25) is 0 Å². The molecule has 1 aliphatic rings. The third-order valence-corrected chi connectivity index (χ3v) is 3.21. The van der Waals surface area contributed by atoms with Crippen LogP contribution in [0.2, 0.25) is 0 Å². The van der Waals surface area contributed by atoms with Crippen LogP contribution in [-0.4, -0.2) is 30.1 Å².